The highest BCUT2D eigenvalue weighted by Gasteiger charge is 2.46. The van der Waals surface area contributed by atoms with Gasteiger partial charge < -0.3 is 25.2 Å². The molecule has 0 radical (unpaired) electrons. The van der Waals surface area contributed by atoms with Crippen molar-refractivity contribution in [2.75, 3.05) is 18.5 Å². The van der Waals surface area contributed by atoms with E-state index in [2.05, 4.69) is 5.32 Å². The van der Waals surface area contributed by atoms with Crippen molar-refractivity contribution in [3.63, 3.8) is 0 Å². The lowest BCUT2D eigenvalue weighted by Gasteiger charge is -2.37. The van der Waals surface area contributed by atoms with Crippen molar-refractivity contribution >= 4 is 17.5 Å². The summed E-state index contributed by atoms with van der Waals surface area (Å²) in [6.45, 7) is -1.75. The largest absolute Gasteiger partial charge is 0.487 e. The molecule has 170 valence electrons. The van der Waals surface area contributed by atoms with Crippen molar-refractivity contribution in [1.82, 2.24) is 5.32 Å². The molecule has 1 aromatic rings. The minimum Gasteiger partial charge on any atom is -0.487 e. The number of amides is 2. The lowest BCUT2D eigenvalue weighted by molar-refractivity contribution is -0.149. The molecule has 1 saturated carbocycles. The molecule has 7 nitrogen and oxygen atoms in total. The Kier molecular flexibility index (Phi) is 6.11. The summed E-state index contributed by atoms with van der Waals surface area (Å²) >= 11 is 0. The summed E-state index contributed by atoms with van der Waals surface area (Å²) in [5.41, 5.74) is 1.47. The maximum Gasteiger partial charge on any atom is 0.405 e. The third-order valence-electron chi connectivity index (χ3n) is 5.85. The monoisotopic (exact) mass is 442 g/mol. The van der Waals surface area contributed by atoms with Crippen LogP contribution >= 0.6 is 0 Å². The third-order valence-corrected chi connectivity index (χ3v) is 5.85. The van der Waals surface area contributed by atoms with E-state index in [4.69, 9.17) is 9.47 Å². The number of nitrogens with one attached hydrogen (secondary N) is 2. The molecular weight excluding hydrogens is 417 g/mol. The highest BCUT2D eigenvalue weighted by molar-refractivity contribution is 5.91. The molecule has 1 aliphatic carbocycles. The number of alkyl halides is 3. The van der Waals surface area contributed by atoms with Gasteiger partial charge in [0.1, 0.15) is 24.5 Å². The summed E-state index contributed by atoms with van der Waals surface area (Å²) in [7, 11) is 0. The van der Waals surface area contributed by atoms with Crippen LogP contribution in [-0.2, 0) is 14.3 Å². The first-order valence-electron chi connectivity index (χ1n) is 10.4. The summed E-state index contributed by atoms with van der Waals surface area (Å²) in [5, 5.41) is 14.5. The van der Waals surface area contributed by atoms with Gasteiger partial charge in [-0.05, 0) is 43.4 Å². The number of anilines is 1. The van der Waals surface area contributed by atoms with E-state index >= 15 is 0 Å². The highest BCUT2D eigenvalue weighted by atomic mass is 19.4. The Labute approximate surface area is 177 Å². The van der Waals surface area contributed by atoms with E-state index in [9.17, 15) is 27.9 Å². The number of hydrogen-bond donors (Lipinski definition) is 3. The number of fused-ring (bicyclic) bond motifs is 3. The van der Waals surface area contributed by atoms with Gasteiger partial charge in [0.2, 0.25) is 11.8 Å². The van der Waals surface area contributed by atoms with Gasteiger partial charge in [0, 0.05) is 23.6 Å². The van der Waals surface area contributed by atoms with Crippen molar-refractivity contribution in [2.24, 2.45) is 5.92 Å². The maximum atomic E-state index is 12.3. The maximum absolute atomic E-state index is 12.3. The van der Waals surface area contributed by atoms with Gasteiger partial charge in [0.05, 0.1) is 19.1 Å². The first-order chi connectivity index (χ1) is 14.7. The number of carbonyl (C=O) groups is 2. The summed E-state index contributed by atoms with van der Waals surface area (Å²) in [5.74, 6) is 0.0586. The van der Waals surface area contributed by atoms with Crippen LogP contribution in [0.25, 0.3) is 0 Å². The Bertz CT molecular complexity index is 843. The number of carbonyl (C=O) groups excluding carboxylic acids is 2. The van der Waals surface area contributed by atoms with Crippen LogP contribution < -0.4 is 15.4 Å². The fraction of sp³-hybridized carbons (Fsp3) is 0.619. The average molecular weight is 442 g/mol. The predicted molar refractivity (Wildman–Crippen MR) is 104 cm³/mol. The lowest BCUT2D eigenvalue weighted by Crippen LogP contribution is -2.47. The zero-order chi connectivity index (χ0) is 22.2. The molecule has 2 heterocycles. The number of aliphatic hydroxyl groups excluding tert-OH is 1. The van der Waals surface area contributed by atoms with Gasteiger partial charge in [-0.2, -0.15) is 13.2 Å². The Hall–Kier alpha value is -2.33. The molecule has 1 saturated heterocycles. The van der Waals surface area contributed by atoms with Crippen molar-refractivity contribution < 1.29 is 37.3 Å². The normalized spacial score (nSPS) is 27.1. The topological polar surface area (TPSA) is 96.9 Å². The molecule has 2 aliphatic heterocycles. The number of halogens is 3. The molecule has 31 heavy (non-hydrogen) atoms. The van der Waals surface area contributed by atoms with Crippen molar-refractivity contribution in [3.05, 3.63) is 23.8 Å². The predicted octanol–water partition coefficient (Wildman–Crippen LogP) is 2.49. The van der Waals surface area contributed by atoms with Gasteiger partial charge in [0.15, 0.2) is 0 Å². The van der Waals surface area contributed by atoms with E-state index < -0.39 is 36.9 Å². The minimum absolute atomic E-state index is 0.0441. The summed E-state index contributed by atoms with van der Waals surface area (Å²) in [6.07, 6.45) is -3.56. The van der Waals surface area contributed by atoms with Gasteiger partial charge in [0.25, 0.3) is 0 Å². The van der Waals surface area contributed by atoms with E-state index in [1.807, 2.05) is 11.4 Å². The van der Waals surface area contributed by atoms with Crippen molar-refractivity contribution in [1.29, 1.82) is 0 Å². The smallest absolute Gasteiger partial charge is 0.405 e. The van der Waals surface area contributed by atoms with Crippen LogP contribution in [0.4, 0.5) is 18.9 Å². The van der Waals surface area contributed by atoms with Gasteiger partial charge >= 0.3 is 6.18 Å². The Balaban J connectivity index is 1.43. The minimum atomic E-state index is -4.49. The van der Waals surface area contributed by atoms with E-state index in [0.29, 0.717) is 30.2 Å². The van der Waals surface area contributed by atoms with Gasteiger partial charge in [-0.1, -0.05) is 0 Å². The molecule has 4 rings (SSSR count). The summed E-state index contributed by atoms with van der Waals surface area (Å²) < 4.78 is 48.7. The average Bonchev–Trinajstić information content (AvgIpc) is 3.44. The SMILES string of the molecule is O=C(C[C@H]1C[C@H]2c3cc(NC(=O)CC4CC4)ccc3O[C@H]2[C@H](CO)O1)NCC(F)(F)F. The fourth-order valence-electron chi connectivity index (χ4n) is 4.24. The standard InChI is InChI=1S/C21H25F3N2O5/c22-21(23,24)10-25-18(28)8-13-7-15-14-6-12(26-19(29)5-11-1-2-11)3-4-16(14)31-20(15)17(9-27)30-13/h3-4,6,11,13,15,17,20,27H,1-2,5,7-10H2,(H,25,28)(H,26,29)/t13-,15+,17+,20-/m1/s1. The summed E-state index contributed by atoms with van der Waals surface area (Å²) in [6, 6.07) is 5.32. The number of hydrogen-bond acceptors (Lipinski definition) is 5. The molecule has 0 spiro atoms. The molecule has 3 aliphatic rings. The second-order valence-electron chi connectivity index (χ2n) is 8.45. The first kappa shape index (κ1) is 21.9. The van der Waals surface area contributed by atoms with E-state index in [1.54, 1.807) is 12.1 Å². The molecule has 0 bridgehead atoms. The molecule has 1 aromatic carbocycles. The summed E-state index contributed by atoms with van der Waals surface area (Å²) in [4.78, 5) is 24.1. The van der Waals surface area contributed by atoms with Gasteiger partial charge in [-0.3, -0.25) is 9.59 Å². The van der Waals surface area contributed by atoms with E-state index in [1.165, 1.54) is 0 Å². The zero-order valence-corrected chi connectivity index (χ0v) is 16.8. The number of ether oxygens (including phenoxy) is 2. The van der Waals surface area contributed by atoms with Crippen molar-refractivity contribution in [3.8, 4) is 5.75 Å². The van der Waals surface area contributed by atoms with E-state index in [-0.39, 0.29) is 24.9 Å². The van der Waals surface area contributed by atoms with Crippen LogP contribution in [0.1, 0.15) is 43.6 Å². The number of benzene rings is 1. The number of aliphatic hydroxyl groups is 1. The number of rotatable bonds is 7. The Morgan fingerprint density at radius 2 is 1.94 bits per heavy atom. The van der Waals surface area contributed by atoms with Gasteiger partial charge in [-0.25, -0.2) is 0 Å². The third kappa shape index (κ3) is 5.48. The van der Waals surface area contributed by atoms with Crippen molar-refractivity contribution in [2.45, 2.75) is 62.5 Å². The second kappa shape index (κ2) is 8.66. The van der Waals surface area contributed by atoms with E-state index in [0.717, 1.165) is 18.4 Å². The molecule has 2 amide bonds. The quantitative estimate of drug-likeness (QED) is 0.603. The zero-order valence-electron chi connectivity index (χ0n) is 16.8. The Morgan fingerprint density at radius 3 is 2.61 bits per heavy atom. The molecule has 3 N–H and O–H groups in total. The van der Waals surface area contributed by atoms with Crippen LogP contribution in [0.2, 0.25) is 0 Å². The second-order valence-corrected chi connectivity index (χ2v) is 8.45. The van der Waals surface area contributed by atoms with Crippen LogP contribution in [-0.4, -0.2) is 54.6 Å². The van der Waals surface area contributed by atoms with Crippen LogP contribution in [0, 0.1) is 5.92 Å². The molecular formula is C21H25F3N2O5. The van der Waals surface area contributed by atoms with Crippen LogP contribution in [0.3, 0.4) is 0 Å². The molecule has 0 aromatic heterocycles. The van der Waals surface area contributed by atoms with Crippen LogP contribution in [0.15, 0.2) is 18.2 Å². The molecule has 4 atom stereocenters. The van der Waals surface area contributed by atoms with Gasteiger partial charge in [-0.15, -0.1) is 0 Å². The molecule has 10 heteroatoms. The molecule has 2 fully saturated rings. The highest BCUT2D eigenvalue weighted by Crippen LogP contribution is 2.47. The van der Waals surface area contributed by atoms with Crippen LogP contribution in [0.5, 0.6) is 5.75 Å². The fourth-order valence-corrected chi connectivity index (χ4v) is 4.24. The first-order valence-corrected chi connectivity index (χ1v) is 10.4. The molecule has 0 unspecified atom stereocenters. The lowest BCUT2D eigenvalue weighted by atomic mass is 9.84. The Morgan fingerprint density at radius 1 is 1.16 bits per heavy atom.